The van der Waals surface area contributed by atoms with E-state index in [1.807, 2.05) is 6.92 Å². The summed E-state index contributed by atoms with van der Waals surface area (Å²) in [5, 5.41) is 8.06. The lowest BCUT2D eigenvalue weighted by Gasteiger charge is -2.19. The molecule has 0 bridgehead atoms. The van der Waals surface area contributed by atoms with Crippen molar-refractivity contribution in [1.29, 1.82) is 0 Å². The Morgan fingerprint density at radius 2 is 1.68 bits per heavy atom. The van der Waals surface area contributed by atoms with Crippen molar-refractivity contribution in [2.75, 3.05) is 33.4 Å². The van der Waals surface area contributed by atoms with Gasteiger partial charge < -0.3 is 25.4 Å². The van der Waals surface area contributed by atoms with E-state index >= 15 is 0 Å². The summed E-state index contributed by atoms with van der Waals surface area (Å²) in [7, 11) is 1.55. The fourth-order valence-corrected chi connectivity index (χ4v) is 2.79. The van der Waals surface area contributed by atoms with Gasteiger partial charge in [0.25, 0.3) is 5.91 Å². The van der Waals surface area contributed by atoms with E-state index in [9.17, 15) is 14.4 Å². The number of benzene rings is 2. The molecule has 0 saturated carbocycles. The summed E-state index contributed by atoms with van der Waals surface area (Å²) in [6.45, 7) is 3.24. The van der Waals surface area contributed by atoms with Crippen LogP contribution in [0.25, 0.3) is 0 Å². The second-order valence-corrected chi connectivity index (χ2v) is 6.66. The molecule has 3 amide bonds. The van der Waals surface area contributed by atoms with E-state index < -0.39 is 11.9 Å². The Kier molecular flexibility index (Phi) is 10.0. The maximum absolute atomic E-state index is 12.7. The molecule has 8 heteroatoms. The Hall–Kier alpha value is -3.39. The summed E-state index contributed by atoms with van der Waals surface area (Å²) in [4.78, 5) is 37.3. The van der Waals surface area contributed by atoms with Gasteiger partial charge in [-0.3, -0.25) is 14.4 Å². The average molecular weight is 428 g/mol. The van der Waals surface area contributed by atoms with Crippen LogP contribution in [-0.2, 0) is 14.3 Å². The SMILES string of the molecule is CCOCCCNC(=O)C(NC(=O)CNC(=O)c1ccccc1)c1ccc(OC)cc1. The maximum atomic E-state index is 12.7. The first kappa shape index (κ1) is 23.9. The van der Waals surface area contributed by atoms with Crippen LogP contribution >= 0.6 is 0 Å². The lowest BCUT2D eigenvalue weighted by atomic mass is 10.1. The number of carbonyl (C=O) groups is 3. The van der Waals surface area contributed by atoms with Crippen molar-refractivity contribution in [3.63, 3.8) is 0 Å². The number of hydrogen-bond donors (Lipinski definition) is 3. The van der Waals surface area contributed by atoms with Gasteiger partial charge in [0.2, 0.25) is 11.8 Å². The Morgan fingerprint density at radius 1 is 0.968 bits per heavy atom. The molecule has 1 unspecified atom stereocenters. The second kappa shape index (κ2) is 13.0. The molecule has 0 aromatic heterocycles. The smallest absolute Gasteiger partial charge is 0.251 e. The number of nitrogens with one attached hydrogen (secondary N) is 3. The van der Waals surface area contributed by atoms with Crippen LogP contribution in [0.4, 0.5) is 0 Å². The standard InChI is InChI=1S/C23H29N3O5/c1-3-31-15-7-14-24-23(29)21(17-10-12-19(30-2)13-11-17)26-20(27)16-25-22(28)18-8-5-4-6-9-18/h4-6,8-13,21H,3,7,14-16H2,1-2H3,(H,24,29)(H,25,28)(H,26,27). The third kappa shape index (κ3) is 8.10. The van der Waals surface area contributed by atoms with E-state index in [2.05, 4.69) is 16.0 Å². The van der Waals surface area contributed by atoms with Gasteiger partial charge in [-0.05, 0) is 43.2 Å². The Morgan fingerprint density at radius 3 is 2.32 bits per heavy atom. The van der Waals surface area contributed by atoms with Crippen LogP contribution in [0.2, 0.25) is 0 Å². The maximum Gasteiger partial charge on any atom is 0.251 e. The van der Waals surface area contributed by atoms with Gasteiger partial charge in [-0.1, -0.05) is 30.3 Å². The van der Waals surface area contributed by atoms with E-state index in [-0.39, 0.29) is 18.4 Å². The van der Waals surface area contributed by atoms with E-state index in [0.717, 1.165) is 0 Å². The first-order chi connectivity index (χ1) is 15.0. The van der Waals surface area contributed by atoms with Gasteiger partial charge in [0.15, 0.2) is 0 Å². The van der Waals surface area contributed by atoms with Crippen molar-refractivity contribution < 1.29 is 23.9 Å². The molecule has 3 N–H and O–H groups in total. The molecule has 166 valence electrons. The molecule has 0 fully saturated rings. The van der Waals surface area contributed by atoms with Gasteiger partial charge in [-0.2, -0.15) is 0 Å². The van der Waals surface area contributed by atoms with Crippen LogP contribution in [-0.4, -0.2) is 51.1 Å². The van der Waals surface area contributed by atoms with Crippen LogP contribution in [0.5, 0.6) is 5.75 Å². The molecule has 1 atom stereocenters. The molecule has 0 radical (unpaired) electrons. The van der Waals surface area contributed by atoms with Crippen molar-refractivity contribution >= 4 is 17.7 Å². The Labute approximate surface area is 182 Å². The monoisotopic (exact) mass is 427 g/mol. The van der Waals surface area contributed by atoms with Crippen molar-refractivity contribution in [3.8, 4) is 5.75 Å². The zero-order chi connectivity index (χ0) is 22.5. The van der Waals surface area contributed by atoms with Gasteiger partial charge in [0.1, 0.15) is 11.8 Å². The Balaban J connectivity index is 1.98. The number of methoxy groups -OCH3 is 1. The van der Waals surface area contributed by atoms with Crippen molar-refractivity contribution in [2.24, 2.45) is 0 Å². The molecule has 2 aromatic carbocycles. The number of ether oxygens (including phenoxy) is 2. The molecular weight excluding hydrogens is 398 g/mol. The fourth-order valence-electron chi connectivity index (χ4n) is 2.79. The molecule has 2 rings (SSSR count). The highest BCUT2D eigenvalue weighted by molar-refractivity contribution is 5.97. The minimum atomic E-state index is -0.904. The van der Waals surface area contributed by atoms with Gasteiger partial charge in [0, 0.05) is 25.3 Å². The molecular formula is C23H29N3O5. The van der Waals surface area contributed by atoms with Crippen LogP contribution in [0.15, 0.2) is 54.6 Å². The minimum Gasteiger partial charge on any atom is -0.497 e. The number of amides is 3. The van der Waals surface area contributed by atoms with Crippen molar-refractivity contribution in [1.82, 2.24) is 16.0 Å². The molecule has 0 aliphatic heterocycles. The highest BCUT2D eigenvalue weighted by atomic mass is 16.5. The summed E-state index contributed by atoms with van der Waals surface area (Å²) >= 11 is 0. The largest absolute Gasteiger partial charge is 0.497 e. The summed E-state index contributed by atoms with van der Waals surface area (Å²) in [5.74, 6) is -0.544. The quantitative estimate of drug-likeness (QED) is 0.448. The van der Waals surface area contributed by atoms with Gasteiger partial charge >= 0.3 is 0 Å². The zero-order valence-electron chi connectivity index (χ0n) is 17.9. The summed E-state index contributed by atoms with van der Waals surface area (Å²) in [6, 6.07) is 14.6. The van der Waals surface area contributed by atoms with Crippen LogP contribution in [0.3, 0.4) is 0 Å². The predicted octanol–water partition coefficient (Wildman–Crippen LogP) is 1.83. The van der Waals surface area contributed by atoms with Crippen molar-refractivity contribution in [3.05, 3.63) is 65.7 Å². The molecule has 8 nitrogen and oxygen atoms in total. The zero-order valence-corrected chi connectivity index (χ0v) is 17.9. The third-order valence-electron chi connectivity index (χ3n) is 4.43. The number of rotatable bonds is 12. The third-order valence-corrected chi connectivity index (χ3v) is 4.43. The highest BCUT2D eigenvalue weighted by Gasteiger charge is 2.23. The molecule has 0 heterocycles. The summed E-state index contributed by atoms with van der Waals surface area (Å²) in [6.07, 6.45) is 0.663. The first-order valence-electron chi connectivity index (χ1n) is 10.2. The minimum absolute atomic E-state index is 0.252. The van der Waals surface area contributed by atoms with Gasteiger partial charge in [-0.15, -0.1) is 0 Å². The summed E-state index contributed by atoms with van der Waals surface area (Å²) in [5.41, 5.74) is 1.06. The molecule has 0 aliphatic carbocycles. The number of carbonyl (C=O) groups excluding carboxylic acids is 3. The predicted molar refractivity (Wildman–Crippen MR) is 117 cm³/mol. The first-order valence-corrected chi connectivity index (χ1v) is 10.2. The fraction of sp³-hybridized carbons (Fsp3) is 0.348. The normalized spacial score (nSPS) is 11.3. The number of hydrogen-bond acceptors (Lipinski definition) is 5. The highest BCUT2D eigenvalue weighted by Crippen LogP contribution is 2.18. The molecule has 2 aromatic rings. The topological polar surface area (TPSA) is 106 Å². The van der Waals surface area contributed by atoms with Crippen LogP contribution < -0.4 is 20.7 Å². The van der Waals surface area contributed by atoms with E-state index in [4.69, 9.17) is 9.47 Å². The lowest BCUT2D eigenvalue weighted by Crippen LogP contribution is -2.44. The molecule has 0 spiro atoms. The molecule has 31 heavy (non-hydrogen) atoms. The van der Waals surface area contributed by atoms with Crippen LogP contribution in [0.1, 0.15) is 35.3 Å². The second-order valence-electron chi connectivity index (χ2n) is 6.66. The van der Waals surface area contributed by atoms with Gasteiger partial charge in [-0.25, -0.2) is 0 Å². The van der Waals surface area contributed by atoms with E-state index in [0.29, 0.717) is 43.1 Å². The van der Waals surface area contributed by atoms with E-state index in [1.165, 1.54) is 0 Å². The van der Waals surface area contributed by atoms with E-state index in [1.54, 1.807) is 61.7 Å². The van der Waals surface area contributed by atoms with Gasteiger partial charge in [0.05, 0.1) is 13.7 Å². The average Bonchev–Trinajstić information content (AvgIpc) is 2.81. The van der Waals surface area contributed by atoms with Crippen LogP contribution in [0, 0.1) is 0 Å². The molecule has 0 aliphatic rings. The summed E-state index contributed by atoms with van der Waals surface area (Å²) < 4.78 is 10.4. The lowest BCUT2D eigenvalue weighted by molar-refractivity contribution is -0.128. The molecule has 0 saturated heterocycles. The van der Waals surface area contributed by atoms with Crippen molar-refractivity contribution in [2.45, 2.75) is 19.4 Å². The Bertz CT molecular complexity index is 840.